The van der Waals surface area contributed by atoms with Crippen LogP contribution in [-0.2, 0) is 30.9 Å². The van der Waals surface area contributed by atoms with Gasteiger partial charge >= 0.3 is 0 Å². The van der Waals surface area contributed by atoms with Crippen molar-refractivity contribution in [1.82, 2.24) is 15.6 Å². The standard InChI is InChI=1S/C24H30N4OS/c1-3-25-24(26-13-12-23-18-30-19(2)28-23)27-15-21-10-7-11-22(14-21)17-29-16-20-8-5-4-6-9-20/h4-11,14,18H,3,12-13,15-17H2,1-2H3,(H2,25,26,27). The van der Waals surface area contributed by atoms with E-state index in [4.69, 9.17) is 9.73 Å². The van der Waals surface area contributed by atoms with Crippen LogP contribution in [0.15, 0.2) is 65.0 Å². The fourth-order valence-corrected chi connectivity index (χ4v) is 3.67. The molecule has 0 fully saturated rings. The third-order valence-corrected chi connectivity index (χ3v) is 5.30. The molecule has 0 aliphatic carbocycles. The summed E-state index contributed by atoms with van der Waals surface area (Å²) in [5.74, 6) is 0.829. The summed E-state index contributed by atoms with van der Waals surface area (Å²) in [6, 6.07) is 18.7. The first-order valence-corrected chi connectivity index (χ1v) is 11.2. The second-order valence-electron chi connectivity index (χ2n) is 7.03. The zero-order chi connectivity index (χ0) is 21.0. The van der Waals surface area contributed by atoms with Gasteiger partial charge in [0.1, 0.15) is 0 Å². The molecular weight excluding hydrogens is 392 g/mol. The smallest absolute Gasteiger partial charge is 0.191 e. The summed E-state index contributed by atoms with van der Waals surface area (Å²) < 4.78 is 5.86. The monoisotopic (exact) mass is 422 g/mol. The predicted molar refractivity (Wildman–Crippen MR) is 125 cm³/mol. The second kappa shape index (κ2) is 12.1. The second-order valence-corrected chi connectivity index (χ2v) is 8.09. The lowest BCUT2D eigenvalue weighted by molar-refractivity contribution is 0.107. The first-order chi connectivity index (χ1) is 14.7. The van der Waals surface area contributed by atoms with Gasteiger partial charge in [-0.3, -0.25) is 0 Å². The molecule has 0 radical (unpaired) electrons. The third kappa shape index (κ3) is 7.61. The van der Waals surface area contributed by atoms with E-state index in [1.54, 1.807) is 11.3 Å². The van der Waals surface area contributed by atoms with E-state index in [2.05, 4.69) is 64.3 Å². The number of aromatic nitrogens is 1. The molecule has 2 N–H and O–H groups in total. The fourth-order valence-electron chi connectivity index (χ4n) is 3.02. The first kappa shape index (κ1) is 22.0. The zero-order valence-electron chi connectivity index (χ0n) is 17.7. The predicted octanol–water partition coefficient (Wildman–Crippen LogP) is 4.47. The number of nitrogens with one attached hydrogen (secondary N) is 2. The molecule has 2 aromatic carbocycles. The summed E-state index contributed by atoms with van der Waals surface area (Å²) in [6.45, 7) is 7.59. The van der Waals surface area contributed by atoms with Crippen LogP contribution in [0, 0.1) is 6.92 Å². The lowest BCUT2D eigenvalue weighted by Crippen LogP contribution is -2.38. The Hall–Kier alpha value is -2.70. The Kier molecular flexibility index (Phi) is 8.87. The Morgan fingerprint density at radius 1 is 1.00 bits per heavy atom. The van der Waals surface area contributed by atoms with Crippen LogP contribution in [0.4, 0.5) is 0 Å². The van der Waals surface area contributed by atoms with Gasteiger partial charge in [-0.1, -0.05) is 54.6 Å². The van der Waals surface area contributed by atoms with E-state index in [9.17, 15) is 0 Å². The molecule has 6 heteroatoms. The number of hydrogen-bond donors (Lipinski definition) is 2. The SMILES string of the molecule is CCNC(=NCc1cccc(COCc2ccccc2)c1)NCCc1csc(C)n1. The molecule has 0 saturated carbocycles. The molecule has 0 aliphatic rings. The van der Waals surface area contributed by atoms with Gasteiger partial charge in [-0.05, 0) is 30.5 Å². The molecule has 158 valence electrons. The Labute approximate surface area is 183 Å². The van der Waals surface area contributed by atoms with E-state index >= 15 is 0 Å². The highest BCUT2D eigenvalue weighted by molar-refractivity contribution is 7.09. The van der Waals surface area contributed by atoms with E-state index in [0.29, 0.717) is 19.8 Å². The number of aryl methyl sites for hydroxylation is 1. The van der Waals surface area contributed by atoms with Crippen LogP contribution < -0.4 is 10.6 Å². The number of ether oxygens (including phenoxy) is 1. The summed E-state index contributed by atoms with van der Waals surface area (Å²) in [4.78, 5) is 9.23. The number of rotatable bonds is 10. The topological polar surface area (TPSA) is 58.5 Å². The van der Waals surface area contributed by atoms with E-state index < -0.39 is 0 Å². The zero-order valence-corrected chi connectivity index (χ0v) is 18.5. The van der Waals surface area contributed by atoms with Gasteiger partial charge in [-0.2, -0.15) is 0 Å². The molecule has 3 rings (SSSR count). The summed E-state index contributed by atoms with van der Waals surface area (Å²) in [5.41, 5.74) is 4.65. The van der Waals surface area contributed by atoms with Crippen LogP contribution in [-0.4, -0.2) is 24.0 Å². The molecule has 1 heterocycles. The largest absolute Gasteiger partial charge is 0.372 e. The van der Waals surface area contributed by atoms with Gasteiger partial charge in [0.05, 0.1) is 30.5 Å². The van der Waals surface area contributed by atoms with Crippen LogP contribution in [0.25, 0.3) is 0 Å². The van der Waals surface area contributed by atoms with Crippen molar-refractivity contribution in [3.8, 4) is 0 Å². The van der Waals surface area contributed by atoms with Crippen molar-refractivity contribution in [3.05, 3.63) is 87.4 Å². The number of thiazole rings is 1. The summed E-state index contributed by atoms with van der Waals surface area (Å²) in [5, 5.41) is 9.93. The lowest BCUT2D eigenvalue weighted by Gasteiger charge is -2.11. The maximum absolute atomic E-state index is 5.86. The highest BCUT2D eigenvalue weighted by Gasteiger charge is 2.02. The quantitative estimate of drug-likeness (QED) is 0.374. The van der Waals surface area contributed by atoms with Crippen molar-refractivity contribution in [2.45, 2.75) is 40.0 Å². The van der Waals surface area contributed by atoms with Crippen molar-refractivity contribution in [2.75, 3.05) is 13.1 Å². The molecule has 1 aromatic heterocycles. The third-order valence-electron chi connectivity index (χ3n) is 4.48. The minimum Gasteiger partial charge on any atom is -0.372 e. The molecule has 0 bridgehead atoms. The maximum atomic E-state index is 5.86. The van der Waals surface area contributed by atoms with Gasteiger partial charge in [0.25, 0.3) is 0 Å². The molecule has 0 unspecified atom stereocenters. The normalized spacial score (nSPS) is 11.5. The van der Waals surface area contributed by atoms with Crippen molar-refractivity contribution in [3.63, 3.8) is 0 Å². The molecular formula is C24H30N4OS. The van der Waals surface area contributed by atoms with Crippen LogP contribution >= 0.6 is 11.3 Å². The molecule has 0 amide bonds. The van der Waals surface area contributed by atoms with Crippen LogP contribution in [0.2, 0.25) is 0 Å². The van der Waals surface area contributed by atoms with Gasteiger partial charge < -0.3 is 15.4 Å². The highest BCUT2D eigenvalue weighted by Crippen LogP contribution is 2.10. The summed E-state index contributed by atoms with van der Waals surface area (Å²) in [6.07, 6.45) is 0.892. The minimum absolute atomic E-state index is 0.595. The van der Waals surface area contributed by atoms with Gasteiger partial charge in [0, 0.05) is 24.9 Å². The lowest BCUT2D eigenvalue weighted by atomic mass is 10.1. The summed E-state index contributed by atoms with van der Waals surface area (Å²) >= 11 is 1.69. The number of guanidine groups is 1. The minimum atomic E-state index is 0.595. The van der Waals surface area contributed by atoms with Crippen LogP contribution in [0.3, 0.4) is 0 Å². The average molecular weight is 423 g/mol. The first-order valence-electron chi connectivity index (χ1n) is 10.4. The Morgan fingerprint density at radius 3 is 2.53 bits per heavy atom. The molecule has 0 spiro atoms. The van der Waals surface area contributed by atoms with Crippen molar-refractivity contribution < 1.29 is 4.74 Å². The van der Waals surface area contributed by atoms with Gasteiger partial charge in [-0.15, -0.1) is 11.3 Å². The average Bonchev–Trinajstić information content (AvgIpc) is 3.18. The Bertz CT molecular complexity index is 924. The van der Waals surface area contributed by atoms with E-state index in [-0.39, 0.29) is 0 Å². The summed E-state index contributed by atoms with van der Waals surface area (Å²) in [7, 11) is 0. The number of hydrogen-bond acceptors (Lipinski definition) is 4. The van der Waals surface area contributed by atoms with Gasteiger partial charge in [0.15, 0.2) is 5.96 Å². The van der Waals surface area contributed by atoms with Crippen molar-refractivity contribution in [2.24, 2.45) is 4.99 Å². The Balaban J connectivity index is 1.48. The molecule has 30 heavy (non-hydrogen) atoms. The Morgan fingerprint density at radius 2 is 1.77 bits per heavy atom. The number of benzene rings is 2. The van der Waals surface area contributed by atoms with Gasteiger partial charge in [-0.25, -0.2) is 9.98 Å². The molecule has 3 aromatic rings. The molecule has 0 saturated heterocycles. The number of nitrogens with zero attached hydrogens (tertiary/aromatic N) is 2. The molecule has 0 aliphatic heterocycles. The van der Waals surface area contributed by atoms with Crippen molar-refractivity contribution >= 4 is 17.3 Å². The van der Waals surface area contributed by atoms with E-state index in [1.807, 2.05) is 25.1 Å². The van der Waals surface area contributed by atoms with E-state index in [0.717, 1.165) is 41.7 Å². The fraction of sp³-hybridized carbons (Fsp3) is 0.333. The molecule has 5 nitrogen and oxygen atoms in total. The van der Waals surface area contributed by atoms with Gasteiger partial charge in [0.2, 0.25) is 0 Å². The van der Waals surface area contributed by atoms with E-state index in [1.165, 1.54) is 11.1 Å². The van der Waals surface area contributed by atoms with Crippen LogP contribution in [0.1, 0.15) is 34.3 Å². The molecule has 0 atom stereocenters. The number of aliphatic imine (C=N–C) groups is 1. The maximum Gasteiger partial charge on any atom is 0.191 e. The van der Waals surface area contributed by atoms with Crippen molar-refractivity contribution in [1.29, 1.82) is 0 Å². The highest BCUT2D eigenvalue weighted by atomic mass is 32.1. The van der Waals surface area contributed by atoms with Crippen LogP contribution in [0.5, 0.6) is 0 Å².